The van der Waals surface area contributed by atoms with E-state index in [2.05, 4.69) is 51.6 Å². The highest BCUT2D eigenvalue weighted by molar-refractivity contribution is 5.89. The first kappa shape index (κ1) is 20.2. The Morgan fingerprint density at radius 2 is 1.88 bits per heavy atom. The Hall–Kier alpha value is -3.71. The Bertz CT molecular complexity index is 1310. The van der Waals surface area contributed by atoms with E-state index in [-0.39, 0.29) is 6.03 Å². The van der Waals surface area contributed by atoms with Crippen LogP contribution in [0, 0.1) is 0 Å². The number of rotatable bonds is 3. The molecule has 162 valence electrons. The first-order valence-corrected chi connectivity index (χ1v) is 10.7. The molecule has 2 aromatic heterocycles. The second-order valence-electron chi connectivity index (χ2n) is 8.53. The van der Waals surface area contributed by atoms with Gasteiger partial charge in [0.2, 0.25) is 0 Å². The molecule has 0 aliphatic carbocycles. The van der Waals surface area contributed by atoms with Gasteiger partial charge in [0.15, 0.2) is 5.65 Å². The number of hydrogen-bond acceptors (Lipinski definition) is 4. The van der Waals surface area contributed by atoms with Crippen LogP contribution in [-0.2, 0) is 13.0 Å². The highest BCUT2D eigenvalue weighted by Gasteiger charge is 2.15. The summed E-state index contributed by atoms with van der Waals surface area (Å²) >= 11 is 0. The van der Waals surface area contributed by atoms with Crippen LogP contribution < -0.4 is 5.32 Å². The van der Waals surface area contributed by atoms with Crippen LogP contribution in [0.25, 0.3) is 28.0 Å². The number of anilines is 1. The van der Waals surface area contributed by atoms with Gasteiger partial charge < -0.3 is 15.1 Å². The Morgan fingerprint density at radius 3 is 2.72 bits per heavy atom. The molecule has 0 saturated heterocycles. The third-order valence-electron chi connectivity index (χ3n) is 5.92. The molecule has 2 aromatic carbocycles. The van der Waals surface area contributed by atoms with Gasteiger partial charge in [0, 0.05) is 44.0 Å². The SMILES string of the molecule is CN1CCc2ccc(-c3cnn4c(-c5cccc(NC(=O)N(C)C)c5)cnc4c3)cc2C1. The topological polar surface area (TPSA) is 65.8 Å². The zero-order valence-corrected chi connectivity index (χ0v) is 18.5. The van der Waals surface area contributed by atoms with E-state index in [1.807, 2.05) is 41.2 Å². The average molecular weight is 427 g/mol. The molecule has 0 fully saturated rings. The first-order valence-electron chi connectivity index (χ1n) is 10.7. The van der Waals surface area contributed by atoms with Gasteiger partial charge in [-0.3, -0.25) is 0 Å². The summed E-state index contributed by atoms with van der Waals surface area (Å²) in [6.07, 6.45) is 4.81. The van der Waals surface area contributed by atoms with Crippen molar-refractivity contribution in [1.29, 1.82) is 0 Å². The Balaban J connectivity index is 1.46. The third kappa shape index (κ3) is 3.83. The summed E-state index contributed by atoms with van der Waals surface area (Å²) in [5.41, 5.74) is 8.36. The van der Waals surface area contributed by atoms with E-state index in [0.717, 1.165) is 53.2 Å². The molecular weight excluding hydrogens is 400 g/mol. The number of imidazole rings is 1. The maximum atomic E-state index is 12.0. The lowest BCUT2D eigenvalue weighted by molar-refractivity contribution is 0.230. The summed E-state index contributed by atoms with van der Waals surface area (Å²) in [6.45, 7) is 2.09. The van der Waals surface area contributed by atoms with Crippen molar-refractivity contribution >= 4 is 17.4 Å². The summed E-state index contributed by atoms with van der Waals surface area (Å²) in [5.74, 6) is 0. The highest BCUT2D eigenvalue weighted by atomic mass is 16.2. The number of hydrogen-bond donors (Lipinski definition) is 1. The molecule has 0 spiro atoms. The second-order valence-corrected chi connectivity index (χ2v) is 8.53. The number of amides is 2. The highest BCUT2D eigenvalue weighted by Crippen LogP contribution is 2.28. The van der Waals surface area contributed by atoms with E-state index >= 15 is 0 Å². The number of carbonyl (C=O) groups is 1. The second kappa shape index (κ2) is 8.09. The van der Waals surface area contributed by atoms with Crippen LogP contribution in [0.15, 0.2) is 60.9 Å². The predicted octanol–water partition coefficient (Wildman–Crippen LogP) is 4.14. The van der Waals surface area contributed by atoms with Gasteiger partial charge in [-0.1, -0.05) is 24.3 Å². The minimum absolute atomic E-state index is 0.167. The largest absolute Gasteiger partial charge is 0.331 e. The van der Waals surface area contributed by atoms with E-state index in [1.54, 1.807) is 14.1 Å². The first-order chi connectivity index (χ1) is 15.5. The molecule has 7 nitrogen and oxygen atoms in total. The van der Waals surface area contributed by atoms with Gasteiger partial charge >= 0.3 is 6.03 Å². The van der Waals surface area contributed by atoms with Crippen molar-refractivity contribution in [3.63, 3.8) is 0 Å². The van der Waals surface area contributed by atoms with Crippen LogP contribution in [0.3, 0.4) is 0 Å². The van der Waals surface area contributed by atoms with Crippen molar-refractivity contribution in [2.75, 3.05) is 33.0 Å². The molecule has 2 amide bonds. The fourth-order valence-corrected chi connectivity index (χ4v) is 4.10. The summed E-state index contributed by atoms with van der Waals surface area (Å²) in [4.78, 5) is 20.4. The van der Waals surface area contributed by atoms with Crippen molar-refractivity contribution in [2.24, 2.45) is 0 Å². The number of carbonyl (C=O) groups excluding carboxylic acids is 1. The van der Waals surface area contributed by atoms with E-state index in [1.165, 1.54) is 16.0 Å². The fourth-order valence-electron chi connectivity index (χ4n) is 4.10. The molecule has 1 aliphatic heterocycles. The molecular formula is C25H26N6O. The Labute approximate surface area is 187 Å². The van der Waals surface area contributed by atoms with E-state index in [4.69, 9.17) is 0 Å². The quantitative estimate of drug-likeness (QED) is 0.535. The molecule has 0 bridgehead atoms. The van der Waals surface area contributed by atoms with E-state index in [9.17, 15) is 4.79 Å². The number of benzene rings is 2. The number of nitrogens with one attached hydrogen (secondary N) is 1. The van der Waals surface area contributed by atoms with Crippen LogP contribution in [0.1, 0.15) is 11.1 Å². The minimum atomic E-state index is -0.167. The number of nitrogens with zero attached hydrogens (tertiary/aromatic N) is 5. The van der Waals surface area contributed by atoms with Gasteiger partial charge in [-0.2, -0.15) is 5.10 Å². The van der Waals surface area contributed by atoms with Crippen molar-refractivity contribution < 1.29 is 4.79 Å². The Kier molecular flexibility index (Phi) is 5.11. The van der Waals surface area contributed by atoms with Crippen molar-refractivity contribution in [1.82, 2.24) is 24.4 Å². The standard InChI is InChI=1S/C25H26N6O/c1-29(2)25(32)28-22-6-4-5-19(12-22)23-15-26-24-13-20(14-27-31(23)24)18-8-7-17-9-10-30(3)16-21(17)11-18/h4-8,11-15H,9-10,16H2,1-3H3,(H,28,32). The molecule has 1 aliphatic rings. The average Bonchev–Trinajstić information content (AvgIpc) is 3.22. The summed E-state index contributed by atoms with van der Waals surface area (Å²) in [6, 6.07) is 16.3. The number of fused-ring (bicyclic) bond motifs is 2. The van der Waals surface area contributed by atoms with Crippen molar-refractivity contribution in [3.8, 4) is 22.4 Å². The number of urea groups is 1. The fraction of sp³-hybridized carbons (Fsp3) is 0.240. The van der Waals surface area contributed by atoms with E-state index < -0.39 is 0 Å². The van der Waals surface area contributed by atoms with Gasteiger partial charge in [-0.05, 0) is 54.4 Å². The molecule has 0 atom stereocenters. The summed E-state index contributed by atoms with van der Waals surface area (Å²) < 4.78 is 1.84. The molecule has 4 aromatic rings. The van der Waals surface area contributed by atoms with Crippen molar-refractivity contribution in [3.05, 3.63) is 72.1 Å². The lowest BCUT2D eigenvalue weighted by atomic mass is 9.95. The lowest BCUT2D eigenvalue weighted by Gasteiger charge is -2.25. The van der Waals surface area contributed by atoms with Crippen LogP contribution in [-0.4, -0.2) is 58.1 Å². The van der Waals surface area contributed by atoms with E-state index in [0.29, 0.717) is 0 Å². The number of likely N-dealkylation sites (N-methyl/N-ethyl adjacent to an activating group) is 1. The molecule has 1 N–H and O–H groups in total. The van der Waals surface area contributed by atoms with Crippen LogP contribution >= 0.6 is 0 Å². The predicted molar refractivity (Wildman–Crippen MR) is 127 cm³/mol. The van der Waals surface area contributed by atoms with Crippen LogP contribution in [0.5, 0.6) is 0 Å². The van der Waals surface area contributed by atoms with Crippen LogP contribution in [0.4, 0.5) is 10.5 Å². The van der Waals surface area contributed by atoms with Gasteiger partial charge in [-0.25, -0.2) is 14.3 Å². The lowest BCUT2D eigenvalue weighted by Crippen LogP contribution is -2.27. The molecule has 5 rings (SSSR count). The van der Waals surface area contributed by atoms with Crippen LogP contribution in [0.2, 0.25) is 0 Å². The normalized spacial score (nSPS) is 13.7. The minimum Gasteiger partial charge on any atom is -0.331 e. The van der Waals surface area contributed by atoms with Gasteiger partial charge in [0.05, 0.1) is 18.1 Å². The van der Waals surface area contributed by atoms with Gasteiger partial charge in [0.1, 0.15) is 0 Å². The number of aromatic nitrogens is 3. The monoisotopic (exact) mass is 426 g/mol. The zero-order valence-electron chi connectivity index (χ0n) is 18.5. The Morgan fingerprint density at radius 1 is 1.00 bits per heavy atom. The summed E-state index contributed by atoms with van der Waals surface area (Å²) in [5, 5.41) is 7.57. The smallest absolute Gasteiger partial charge is 0.321 e. The third-order valence-corrected chi connectivity index (χ3v) is 5.92. The zero-order chi connectivity index (χ0) is 22.2. The molecule has 0 radical (unpaired) electrons. The molecule has 3 heterocycles. The van der Waals surface area contributed by atoms with Gasteiger partial charge in [-0.15, -0.1) is 0 Å². The molecule has 32 heavy (non-hydrogen) atoms. The van der Waals surface area contributed by atoms with Crippen molar-refractivity contribution in [2.45, 2.75) is 13.0 Å². The van der Waals surface area contributed by atoms with Gasteiger partial charge in [0.25, 0.3) is 0 Å². The maximum absolute atomic E-state index is 12.0. The molecule has 0 saturated carbocycles. The summed E-state index contributed by atoms with van der Waals surface area (Å²) in [7, 11) is 5.59. The maximum Gasteiger partial charge on any atom is 0.321 e. The molecule has 0 unspecified atom stereocenters. The molecule has 7 heteroatoms.